The third kappa shape index (κ3) is 10.6. The molecule has 0 spiro atoms. The lowest BCUT2D eigenvalue weighted by Crippen LogP contribution is -2.08. The monoisotopic (exact) mass is 283 g/mol. The first kappa shape index (κ1) is 19.1. The van der Waals surface area contributed by atoms with E-state index in [0.717, 1.165) is 6.54 Å². The van der Waals surface area contributed by atoms with Gasteiger partial charge in [-0.2, -0.15) is 0 Å². The first-order valence-electron chi connectivity index (χ1n) is 7.65. The fraction of sp³-hybridized carbons (Fsp3) is 0.300. The van der Waals surface area contributed by atoms with E-state index in [1.807, 2.05) is 50.2 Å². The highest BCUT2D eigenvalue weighted by atomic mass is 15.0. The Morgan fingerprint density at radius 3 is 1.24 bits per heavy atom. The Labute approximate surface area is 130 Å². The largest absolute Gasteiger partial charge is 0.310 e. The molecule has 0 aliphatic carbocycles. The molecule has 2 aromatic carbocycles. The molecule has 0 radical (unpaired) electrons. The minimum atomic E-state index is 1.14. The summed E-state index contributed by atoms with van der Waals surface area (Å²) in [6, 6.07) is 20.6. The van der Waals surface area contributed by atoms with E-state index in [2.05, 4.69) is 62.3 Å². The van der Waals surface area contributed by atoms with Gasteiger partial charge in [-0.05, 0) is 31.8 Å². The molecule has 0 aliphatic rings. The third-order valence-electron chi connectivity index (χ3n) is 2.70. The highest BCUT2D eigenvalue weighted by Crippen LogP contribution is 2.06. The Morgan fingerprint density at radius 1 is 0.714 bits per heavy atom. The van der Waals surface area contributed by atoms with Gasteiger partial charge in [0.05, 0.1) is 0 Å². The summed E-state index contributed by atoms with van der Waals surface area (Å²) in [5.41, 5.74) is 2.47. The van der Waals surface area contributed by atoms with E-state index in [-0.39, 0.29) is 0 Å². The summed E-state index contributed by atoms with van der Waals surface area (Å²) < 4.78 is 0. The number of benzene rings is 2. The molecule has 0 bridgehead atoms. The second-order valence-electron chi connectivity index (χ2n) is 4.55. The Balaban J connectivity index is 0.000000489. The van der Waals surface area contributed by atoms with E-state index in [0.29, 0.717) is 0 Å². The lowest BCUT2D eigenvalue weighted by Gasteiger charge is -2.00. The molecule has 0 aromatic heterocycles. The predicted octanol–water partition coefficient (Wildman–Crippen LogP) is 5.45. The second-order valence-corrected chi connectivity index (χ2v) is 4.55. The first-order chi connectivity index (χ1) is 10.2. The standard InChI is InChI=1S/C14H12.C4H11N.C2H6/c1-3-7-13(8-4-1)11-12-14-9-5-2-6-10-14;1-4-5(2)3;1-2/h1-12H;4H2,1-3H3;1-2H3. The summed E-state index contributed by atoms with van der Waals surface area (Å²) in [4.78, 5) is 2.12. The highest BCUT2D eigenvalue weighted by molar-refractivity contribution is 5.69. The number of nitrogens with zero attached hydrogens (tertiary/aromatic N) is 1. The molecule has 21 heavy (non-hydrogen) atoms. The summed E-state index contributed by atoms with van der Waals surface area (Å²) in [6.07, 6.45) is 4.24. The fourth-order valence-corrected chi connectivity index (χ4v) is 1.32. The second kappa shape index (κ2) is 13.1. The maximum absolute atomic E-state index is 2.12. The molecule has 0 aliphatic heterocycles. The lowest BCUT2D eigenvalue weighted by atomic mass is 10.1. The maximum atomic E-state index is 2.12. The van der Waals surface area contributed by atoms with Gasteiger partial charge in [0.2, 0.25) is 0 Å². The molecule has 0 atom stereocenters. The van der Waals surface area contributed by atoms with Gasteiger partial charge in [0.15, 0.2) is 0 Å². The van der Waals surface area contributed by atoms with Crippen molar-refractivity contribution in [1.82, 2.24) is 4.90 Å². The van der Waals surface area contributed by atoms with Crippen molar-refractivity contribution in [3.05, 3.63) is 71.8 Å². The molecule has 0 amide bonds. The van der Waals surface area contributed by atoms with Crippen molar-refractivity contribution in [2.45, 2.75) is 20.8 Å². The molecule has 0 N–H and O–H groups in total. The van der Waals surface area contributed by atoms with E-state index >= 15 is 0 Å². The summed E-state index contributed by atoms with van der Waals surface area (Å²) >= 11 is 0. The topological polar surface area (TPSA) is 3.24 Å². The minimum Gasteiger partial charge on any atom is -0.310 e. The molecular weight excluding hydrogens is 254 g/mol. The normalized spacial score (nSPS) is 9.62. The van der Waals surface area contributed by atoms with E-state index in [9.17, 15) is 0 Å². The Bertz CT molecular complexity index is 416. The van der Waals surface area contributed by atoms with Crippen LogP contribution >= 0.6 is 0 Å². The molecule has 0 fully saturated rings. The third-order valence-corrected chi connectivity index (χ3v) is 2.70. The van der Waals surface area contributed by atoms with E-state index < -0.39 is 0 Å². The van der Waals surface area contributed by atoms with Gasteiger partial charge in [0, 0.05) is 0 Å². The van der Waals surface area contributed by atoms with Gasteiger partial charge in [-0.3, -0.25) is 0 Å². The zero-order valence-electron chi connectivity index (χ0n) is 14.1. The van der Waals surface area contributed by atoms with Crippen molar-refractivity contribution in [2.24, 2.45) is 0 Å². The molecular formula is C20H29N. The maximum Gasteiger partial charge on any atom is -0.00533 e. The highest BCUT2D eigenvalue weighted by Gasteiger charge is 1.84. The lowest BCUT2D eigenvalue weighted by molar-refractivity contribution is 0.434. The van der Waals surface area contributed by atoms with E-state index in [4.69, 9.17) is 0 Å². The average molecular weight is 283 g/mol. The van der Waals surface area contributed by atoms with Crippen LogP contribution in [0.25, 0.3) is 12.2 Å². The van der Waals surface area contributed by atoms with Gasteiger partial charge < -0.3 is 4.90 Å². The smallest absolute Gasteiger partial charge is 0.00533 e. The van der Waals surface area contributed by atoms with Gasteiger partial charge in [-0.15, -0.1) is 0 Å². The summed E-state index contributed by atoms with van der Waals surface area (Å²) in [7, 11) is 4.11. The van der Waals surface area contributed by atoms with Gasteiger partial charge in [-0.25, -0.2) is 0 Å². The molecule has 1 heteroatoms. The molecule has 0 heterocycles. The minimum absolute atomic E-state index is 1.14. The van der Waals surface area contributed by atoms with Crippen LogP contribution in [-0.4, -0.2) is 25.5 Å². The van der Waals surface area contributed by atoms with Crippen molar-refractivity contribution in [3.8, 4) is 0 Å². The zero-order chi connectivity index (χ0) is 15.9. The van der Waals surface area contributed by atoms with Crippen LogP contribution in [0.5, 0.6) is 0 Å². The zero-order valence-corrected chi connectivity index (χ0v) is 14.1. The van der Waals surface area contributed by atoms with Crippen LogP contribution in [0.4, 0.5) is 0 Å². The van der Waals surface area contributed by atoms with Gasteiger partial charge in [0.25, 0.3) is 0 Å². The fourth-order valence-electron chi connectivity index (χ4n) is 1.32. The van der Waals surface area contributed by atoms with Gasteiger partial charge in [0.1, 0.15) is 0 Å². The number of rotatable bonds is 3. The summed E-state index contributed by atoms with van der Waals surface area (Å²) in [6.45, 7) is 7.26. The van der Waals surface area contributed by atoms with Crippen LogP contribution in [0.3, 0.4) is 0 Å². The molecule has 2 aromatic rings. The Kier molecular flexibility index (Phi) is 12.0. The molecule has 2 rings (SSSR count). The molecule has 114 valence electrons. The predicted molar refractivity (Wildman–Crippen MR) is 97.4 cm³/mol. The van der Waals surface area contributed by atoms with Crippen molar-refractivity contribution >= 4 is 12.2 Å². The average Bonchev–Trinajstić information content (AvgIpc) is 2.57. The van der Waals surface area contributed by atoms with Gasteiger partial charge in [-0.1, -0.05) is 93.6 Å². The Morgan fingerprint density at radius 2 is 1.00 bits per heavy atom. The van der Waals surface area contributed by atoms with Crippen molar-refractivity contribution in [1.29, 1.82) is 0 Å². The van der Waals surface area contributed by atoms with Crippen molar-refractivity contribution < 1.29 is 0 Å². The summed E-state index contributed by atoms with van der Waals surface area (Å²) in [5.74, 6) is 0. The van der Waals surface area contributed by atoms with Crippen molar-refractivity contribution in [2.75, 3.05) is 20.6 Å². The molecule has 0 unspecified atom stereocenters. The van der Waals surface area contributed by atoms with Gasteiger partial charge >= 0.3 is 0 Å². The Hall–Kier alpha value is -1.86. The number of hydrogen-bond donors (Lipinski definition) is 0. The quantitative estimate of drug-likeness (QED) is 0.677. The van der Waals surface area contributed by atoms with Crippen LogP contribution in [0, 0.1) is 0 Å². The molecule has 0 saturated heterocycles. The summed E-state index contributed by atoms with van der Waals surface area (Å²) in [5, 5.41) is 0. The van der Waals surface area contributed by atoms with Crippen molar-refractivity contribution in [3.63, 3.8) is 0 Å². The van der Waals surface area contributed by atoms with E-state index in [1.54, 1.807) is 0 Å². The van der Waals surface area contributed by atoms with Crippen LogP contribution in [0.15, 0.2) is 60.7 Å². The van der Waals surface area contributed by atoms with Crippen LogP contribution in [0.2, 0.25) is 0 Å². The van der Waals surface area contributed by atoms with Crippen LogP contribution in [-0.2, 0) is 0 Å². The molecule has 0 saturated carbocycles. The first-order valence-corrected chi connectivity index (χ1v) is 7.65. The molecule has 1 nitrogen and oxygen atoms in total. The SMILES string of the molecule is C(=Cc1ccccc1)c1ccccc1.CC.CCN(C)C. The van der Waals surface area contributed by atoms with Crippen LogP contribution in [0.1, 0.15) is 31.9 Å². The van der Waals surface area contributed by atoms with E-state index in [1.165, 1.54) is 11.1 Å². The number of hydrogen-bond acceptors (Lipinski definition) is 1. The van der Waals surface area contributed by atoms with Crippen LogP contribution < -0.4 is 0 Å².